The van der Waals surface area contributed by atoms with Crippen molar-refractivity contribution in [3.63, 3.8) is 0 Å². The fraction of sp³-hybridized carbons (Fsp3) is 0.769. The van der Waals surface area contributed by atoms with Gasteiger partial charge < -0.3 is 4.74 Å². The zero-order chi connectivity index (χ0) is 17.7. The maximum Gasteiger partial charge on any atom is 0.450 e. The van der Waals surface area contributed by atoms with E-state index in [0.29, 0.717) is 29.1 Å². The first-order chi connectivity index (χ1) is 11.3. The number of morpholine rings is 1. The number of amides is 1. The first-order valence-corrected chi connectivity index (χ1v) is 10.0. The summed E-state index contributed by atoms with van der Waals surface area (Å²) in [7, 11) is -2.79. The number of nitrogens with zero attached hydrogens (tertiary/aromatic N) is 4. The number of thioether (sulfide) groups is 1. The number of aliphatic imine (C=N–C) groups is 1. The molecule has 0 N–H and O–H groups in total. The molecule has 1 saturated heterocycles. The van der Waals surface area contributed by atoms with Crippen LogP contribution >= 0.6 is 11.8 Å². The molecule has 2 heterocycles. The van der Waals surface area contributed by atoms with E-state index in [1.807, 2.05) is 13.8 Å². The monoisotopic (exact) mass is 378 g/mol. The summed E-state index contributed by atoms with van der Waals surface area (Å²) in [5, 5.41) is 4.33. The van der Waals surface area contributed by atoms with Gasteiger partial charge in [0, 0.05) is 32.4 Å². The summed E-state index contributed by atoms with van der Waals surface area (Å²) in [6, 6.07) is 0. The van der Waals surface area contributed by atoms with E-state index in [1.54, 1.807) is 0 Å². The van der Waals surface area contributed by atoms with Crippen molar-refractivity contribution in [1.29, 1.82) is 0 Å². The van der Waals surface area contributed by atoms with Crippen molar-refractivity contribution < 1.29 is 22.8 Å². The predicted octanol–water partition coefficient (Wildman–Crippen LogP) is 0.789. The second kappa shape index (κ2) is 8.28. The average Bonchev–Trinajstić information content (AvgIpc) is 2.59. The molecule has 2 aliphatic heterocycles. The number of carbonyl (C=O) groups is 1. The predicted molar refractivity (Wildman–Crippen MR) is 92.6 cm³/mol. The van der Waals surface area contributed by atoms with Crippen LogP contribution in [-0.2, 0) is 19.8 Å². The van der Waals surface area contributed by atoms with Gasteiger partial charge in [-0.2, -0.15) is 17.0 Å². The van der Waals surface area contributed by atoms with Gasteiger partial charge in [-0.05, 0) is 5.92 Å². The number of rotatable bonds is 4. The van der Waals surface area contributed by atoms with Crippen LogP contribution in [0.5, 0.6) is 0 Å². The molecular weight excluding hydrogens is 356 g/mol. The third-order valence-electron chi connectivity index (χ3n) is 3.48. The highest BCUT2D eigenvalue weighted by Crippen LogP contribution is 2.17. The molecule has 136 valence electrons. The minimum atomic E-state index is -3.94. The van der Waals surface area contributed by atoms with Gasteiger partial charge >= 0.3 is 16.3 Å². The van der Waals surface area contributed by atoms with Gasteiger partial charge in [-0.1, -0.05) is 30.8 Å². The van der Waals surface area contributed by atoms with E-state index in [2.05, 4.69) is 10.1 Å². The smallest absolute Gasteiger partial charge is 0.379 e. The third-order valence-corrected chi connectivity index (χ3v) is 6.29. The molecule has 0 unspecified atom stereocenters. The SMILES string of the molecule is CC(C)C1=NCCSC1=NOC(=O)N(C)S(=O)(=O)N1CCOCC1. The van der Waals surface area contributed by atoms with Gasteiger partial charge in [-0.25, -0.2) is 4.79 Å². The number of oxime groups is 1. The highest BCUT2D eigenvalue weighted by Gasteiger charge is 2.33. The normalized spacial score (nSPS) is 21.7. The van der Waals surface area contributed by atoms with Gasteiger partial charge in [0.2, 0.25) is 0 Å². The molecular formula is C13H22N4O5S2. The Balaban J connectivity index is 2.04. The Morgan fingerprint density at radius 1 is 1.42 bits per heavy atom. The van der Waals surface area contributed by atoms with Crippen molar-refractivity contribution in [3.05, 3.63) is 0 Å². The van der Waals surface area contributed by atoms with Gasteiger partial charge in [-0.15, -0.1) is 0 Å². The Morgan fingerprint density at radius 2 is 2.08 bits per heavy atom. The van der Waals surface area contributed by atoms with Gasteiger partial charge in [0.1, 0.15) is 0 Å². The Kier molecular flexibility index (Phi) is 6.61. The Bertz CT molecular complexity index is 626. The Labute approximate surface area is 146 Å². The van der Waals surface area contributed by atoms with E-state index in [1.165, 1.54) is 16.1 Å². The molecule has 1 fully saturated rings. The van der Waals surface area contributed by atoms with Crippen LogP contribution in [0.25, 0.3) is 0 Å². The molecule has 2 rings (SSSR count). The lowest BCUT2D eigenvalue weighted by Gasteiger charge is -2.29. The number of hydrogen-bond acceptors (Lipinski definition) is 8. The molecule has 0 bridgehead atoms. The van der Waals surface area contributed by atoms with Crippen LogP contribution < -0.4 is 0 Å². The summed E-state index contributed by atoms with van der Waals surface area (Å²) in [5.41, 5.74) is 0.762. The summed E-state index contributed by atoms with van der Waals surface area (Å²) in [4.78, 5) is 21.3. The fourth-order valence-corrected chi connectivity index (χ4v) is 4.23. The van der Waals surface area contributed by atoms with E-state index in [-0.39, 0.29) is 19.0 Å². The van der Waals surface area contributed by atoms with Crippen LogP contribution in [-0.4, -0.2) is 79.5 Å². The fourth-order valence-electron chi connectivity index (χ4n) is 2.14. The highest BCUT2D eigenvalue weighted by molar-refractivity contribution is 8.15. The maximum atomic E-state index is 12.4. The molecule has 0 aromatic heterocycles. The minimum absolute atomic E-state index is 0.144. The zero-order valence-corrected chi connectivity index (χ0v) is 15.6. The number of ether oxygens (including phenoxy) is 1. The van der Waals surface area contributed by atoms with E-state index in [0.717, 1.165) is 18.5 Å². The highest BCUT2D eigenvalue weighted by atomic mass is 32.2. The first-order valence-electron chi connectivity index (χ1n) is 7.62. The standard InChI is InChI=1S/C13H22N4O5S2/c1-10(2)11-12(23-9-4-14-11)15-22-13(18)16(3)24(19,20)17-5-7-21-8-6-17/h10H,4-9H2,1-3H3. The van der Waals surface area contributed by atoms with E-state index in [9.17, 15) is 13.2 Å². The van der Waals surface area contributed by atoms with Gasteiger partial charge in [-0.3, -0.25) is 9.83 Å². The third kappa shape index (κ3) is 4.47. The largest absolute Gasteiger partial charge is 0.450 e. The number of carbonyl (C=O) groups excluding carboxylic acids is 1. The zero-order valence-electron chi connectivity index (χ0n) is 14.0. The lowest BCUT2D eigenvalue weighted by Crippen LogP contribution is -2.49. The van der Waals surface area contributed by atoms with Crippen molar-refractivity contribution in [3.8, 4) is 0 Å². The molecule has 0 aliphatic carbocycles. The average molecular weight is 378 g/mol. The molecule has 11 heteroatoms. The molecule has 1 amide bonds. The van der Waals surface area contributed by atoms with Crippen LogP contribution in [0.3, 0.4) is 0 Å². The lowest BCUT2D eigenvalue weighted by molar-refractivity contribution is 0.0696. The van der Waals surface area contributed by atoms with Crippen LogP contribution in [0, 0.1) is 5.92 Å². The van der Waals surface area contributed by atoms with Crippen molar-refractivity contribution >= 4 is 38.8 Å². The van der Waals surface area contributed by atoms with Crippen molar-refractivity contribution in [2.45, 2.75) is 13.8 Å². The summed E-state index contributed by atoms with van der Waals surface area (Å²) in [6.45, 7) is 5.64. The lowest BCUT2D eigenvalue weighted by atomic mass is 10.1. The van der Waals surface area contributed by atoms with E-state index >= 15 is 0 Å². The summed E-state index contributed by atoms with van der Waals surface area (Å²) < 4.78 is 31.6. The molecule has 2 aliphatic rings. The summed E-state index contributed by atoms with van der Waals surface area (Å²) >= 11 is 1.44. The van der Waals surface area contributed by atoms with Crippen LogP contribution in [0.15, 0.2) is 10.1 Å². The molecule has 0 aromatic carbocycles. The summed E-state index contributed by atoms with van der Waals surface area (Å²) in [5.74, 6) is 0.888. The van der Waals surface area contributed by atoms with E-state index in [4.69, 9.17) is 9.57 Å². The van der Waals surface area contributed by atoms with Gasteiger partial charge in [0.25, 0.3) is 0 Å². The molecule has 0 saturated carbocycles. The van der Waals surface area contributed by atoms with Crippen molar-refractivity contribution in [1.82, 2.24) is 8.61 Å². The molecule has 0 radical (unpaired) electrons. The number of hydrogen-bond donors (Lipinski definition) is 0. The maximum absolute atomic E-state index is 12.4. The molecule has 0 aromatic rings. The quantitative estimate of drug-likeness (QED) is 0.529. The summed E-state index contributed by atoms with van der Waals surface area (Å²) in [6.07, 6.45) is -1.05. The molecule has 9 nitrogen and oxygen atoms in total. The van der Waals surface area contributed by atoms with Gasteiger partial charge in [0.05, 0.1) is 18.9 Å². The molecule has 0 atom stereocenters. The van der Waals surface area contributed by atoms with E-state index < -0.39 is 16.3 Å². The van der Waals surface area contributed by atoms with Crippen LogP contribution in [0.2, 0.25) is 0 Å². The first kappa shape index (κ1) is 19.2. The van der Waals surface area contributed by atoms with Gasteiger partial charge in [0.15, 0.2) is 5.04 Å². The van der Waals surface area contributed by atoms with Crippen LogP contribution in [0.4, 0.5) is 4.79 Å². The topological polar surface area (TPSA) is 101 Å². The van der Waals surface area contributed by atoms with Crippen molar-refractivity contribution in [2.24, 2.45) is 16.1 Å². The second-order valence-electron chi connectivity index (χ2n) is 5.51. The Morgan fingerprint density at radius 3 is 2.71 bits per heavy atom. The molecule has 24 heavy (non-hydrogen) atoms. The second-order valence-corrected chi connectivity index (χ2v) is 8.55. The molecule has 0 spiro atoms. The van der Waals surface area contributed by atoms with Crippen LogP contribution in [0.1, 0.15) is 13.8 Å². The Hall–Kier alpha value is -1.17. The van der Waals surface area contributed by atoms with Crippen molar-refractivity contribution in [2.75, 3.05) is 45.6 Å². The minimum Gasteiger partial charge on any atom is -0.379 e.